The van der Waals surface area contributed by atoms with Crippen molar-refractivity contribution in [1.29, 1.82) is 0 Å². The summed E-state index contributed by atoms with van der Waals surface area (Å²) in [6.45, 7) is 6.08. The number of amides is 1. The summed E-state index contributed by atoms with van der Waals surface area (Å²) in [5, 5.41) is 9.32. The summed E-state index contributed by atoms with van der Waals surface area (Å²) < 4.78 is 16.6. The Labute approximate surface area is 202 Å². The first kappa shape index (κ1) is 22.7. The first-order chi connectivity index (χ1) is 16.7. The van der Waals surface area contributed by atoms with E-state index in [-0.39, 0.29) is 17.8 Å². The van der Waals surface area contributed by atoms with E-state index in [0.29, 0.717) is 32.6 Å². The van der Waals surface area contributed by atoms with E-state index < -0.39 is 0 Å². The van der Waals surface area contributed by atoms with E-state index in [1.54, 1.807) is 16.4 Å². The predicted molar refractivity (Wildman–Crippen MR) is 134 cm³/mol. The number of hydrogen-bond acceptors (Lipinski definition) is 4. The molecule has 0 aliphatic carbocycles. The molecule has 1 aliphatic rings. The highest BCUT2D eigenvalue weighted by Crippen LogP contribution is 2.53. The van der Waals surface area contributed by atoms with Crippen molar-refractivity contribution in [3.05, 3.63) is 66.0 Å². The first-order valence-corrected chi connectivity index (χ1v) is 12.6. The van der Waals surface area contributed by atoms with E-state index in [1.165, 1.54) is 0 Å². The Morgan fingerprint density at radius 1 is 1.12 bits per heavy atom. The molecular weight excluding hydrogens is 449 g/mol. The Balaban J connectivity index is 1.68. The summed E-state index contributed by atoms with van der Waals surface area (Å²) in [4.78, 5) is 16.7. The van der Waals surface area contributed by atoms with Crippen molar-refractivity contribution >= 4 is 28.6 Å². The van der Waals surface area contributed by atoms with Crippen LogP contribution in [0.4, 0.5) is 4.39 Å². The number of para-hydroxylation sites is 1. The minimum Gasteiger partial charge on any atom is -0.342 e. The predicted octanol–water partition coefficient (Wildman–Crippen LogP) is 5.32. The fourth-order valence-electron chi connectivity index (χ4n) is 4.78. The average molecular weight is 478 g/mol. The lowest BCUT2D eigenvalue weighted by molar-refractivity contribution is -0.130. The van der Waals surface area contributed by atoms with Gasteiger partial charge in [-0.2, -0.15) is 0 Å². The third kappa shape index (κ3) is 3.90. The van der Waals surface area contributed by atoms with Gasteiger partial charge in [-0.1, -0.05) is 41.6 Å². The summed E-state index contributed by atoms with van der Waals surface area (Å²) >= 11 is 1.64. The van der Waals surface area contributed by atoms with Gasteiger partial charge in [0.2, 0.25) is 5.91 Å². The molecule has 4 aromatic rings. The highest BCUT2D eigenvalue weighted by Gasteiger charge is 2.37. The Morgan fingerprint density at radius 3 is 2.68 bits per heavy atom. The molecule has 0 fully saturated rings. The lowest BCUT2D eigenvalue weighted by atomic mass is 10.0. The van der Waals surface area contributed by atoms with E-state index >= 15 is 0 Å². The molecule has 0 saturated carbocycles. The maximum Gasteiger partial charge on any atom is 0.240 e. The van der Waals surface area contributed by atoms with Crippen molar-refractivity contribution in [3.8, 4) is 11.3 Å². The van der Waals surface area contributed by atoms with Crippen LogP contribution in [0.5, 0.6) is 0 Å². The molecule has 3 heterocycles. The number of nitrogens with zero attached hydrogens (tertiary/aromatic N) is 5. The first-order valence-electron chi connectivity index (χ1n) is 11.8. The van der Waals surface area contributed by atoms with Crippen LogP contribution in [-0.2, 0) is 17.9 Å². The van der Waals surface area contributed by atoms with Crippen LogP contribution in [0.1, 0.15) is 36.8 Å². The van der Waals surface area contributed by atoms with Gasteiger partial charge in [-0.25, -0.2) is 0 Å². The lowest BCUT2D eigenvalue weighted by Gasteiger charge is -2.29. The van der Waals surface area contributed by atoms with E-state index in [4.69, 9.17) is 0 Å². The normalized spacial score (nSPS) is 14.7. The van der Waals surface area contributed by atoms with Crippen LogP contribution in [0.15, 0.2) is 59.6 Å². The molecule has 34 heavy (non-hydrogen) atoms. The SMILES string of the molecule is CCN(CC)C(=O)C1Sc2ccccc2-c2c1c1ccccc1n2Cc1cn(CCCF)nn1. The monoisotopic (exact) mass is 477 g/mol. The standard InChI is InChI=1S/C26H28FN5OS/c1-3-30(4-2)26(33)25-23-19-10-5-7-12-21(19)32(17-18-16-31(29-28-18)15-9-14-27)24(23)20-11-6-8-13-22(20)34-25/h5-8,10-13,16,25H,3-4,9,14-15,17H2,1-2H3. The largest absolute Gasteiger partial charge is 0.342 e. The Kier molecular flexibility index (Phi) is 6.41. The van der Waals surface area contributed by atoms with E-state index in [1.807, 2.05) is 49.2 Å². The molecule has 0 bridgehead atoms. The van der Waals surface area contributed by atoms with Gasteiger partial charge in [0.25, 0.3) is 0 Å². The van der Waals surface area contributed by atoms with Crippen LogP contribution >= 0.6 is 11.8 Å². The number of carbonyl (C=O) groups is 1. The van der Waals surface area contributed by atoms with Gasteiger partial charge in [0.15, 0.2) is 0 Å². The molecule has 1 unspecified atom stereocenters. The number of rotatable bonds is 8. The number of fused-ring (bicyclic) bond motifs is 5. The van der Waals surface area contributed by atoms with Gasteiger partial charge < -0.3 is 9.47 Å². The topological polar surface area (TPSA) is 56.0 Å². The van der Waals surface area contributed by atoms with Gasteiger partial charge in [0.1, 0.15) is 10.9 Å². The van der Waals surface area contributed by atoms with Crippen LogP contribution in [-0.4, -0.2) is 50.1 Å². The fraction of sp³-hybridized carbons (Fsp3) is 0.346. The van der Waals surface area contributed by atoms with E-state index in [0.717, 1.165) is 38.3 Å². The van der Waals surface area contributed by atoms with Crippen molar-refractivity contribution < 1.29 is 9.18 Å². The quantitative estimate of drug-likeness (QED) is 0.345. The maximum absolute atomic E-state index is 13.7. The second-order valence-electron chi connectivity index (χ2n) is 8.39. The molecular formula is C26H28FN5OS. The molecule has 8 heteroatoms. The van der Waals surface area contributed by atoms with Crippen molar-refractivity contribution in [3.63, 3.8) is 0 Å². The number of likely N-dealkylation sites (N-methyl/N-ethyl adjacent to an activating group) is 1. The highest BCUT2D eigenvalue weighted by molar-refractivity contribution is 8.00. The van der Waals surface area contributed by atoms with Gasteiger partial charge in [-0.3, -0.25) is 13.9 Å². The number of benzene rings is 2. The summed E-state index contributed by atoms with van der Waals surface area (Å²) in [6.07, 6.45) is 2.31. The third-order valence-electron chi connectivity index (χ3n) is 6.39. The van der Waals surface area contributed by atoms with Crippen molar-refractivity contribution in [2.24, 2.45) is 0 Å². The molecule has 1 aliphatic heterocycles. The number of thioether (sulfide) groups is 1. The third-order valence-corrected chi connectivity index (χ3v) is 7.67. The number of alkyl halides is 1. The lowest BCUT2D eigenvalue weighted by Crippen LogP contribution is -2.34. The molecule has 6 nitrogen and oxygen atoms in total. The van der Waals surface area contributed by atoms with Crippen molar-refractivity contribution in [2.75, 3.05) is 19.8 Å². The number of carbonyl (C=O) groups excluding carboxylic acids is 1. The van der Waals surface area contributed by atoms with Gasteiger partial charge >= 0.3 is 0 Å². The number of aryl methyl sites for hydroxylation is 1. The molecule has 2 aromatic heterocycles. The average Bonchev–Trinajstić information content (AvgIpc) is 3.46. The Bertz CT molecular complexity index is 1330. The fourth-order valence-corrected chi connectivity index (χ4v) is 6.09. The molecule has 0 N–H and O–H groups in total. The minimum absolute atomic E-state index is 0.144. The summed E-state index contributed by atoms with van der Waals surface area (Å²) in [5.41, 5.74) is 5.15. The van der Waals surface area contributed by atoms with Gasteiger partial charge in [0, 0.05) is 46.6 Å². The zero-order valence-electron chi connectivity index (χ0n) is 19.4. The van der Waals surface area contributed by atoms with Crippen LogP contribution < -0.4 is 0 Å². The molecule has 1 atom stereocenters. The zero-order chi connectivity index (χ0) is 23.7. The molecule has 5 rings (SSSR count). The second-order valence-corrected chi connectivity index (χ2v) is 9.53. The van der Waals surface area contributed by atoms with Gasteiger partial charge in [-0.05, 0) is 32.4 Å². The summed E-state index contributed by atoms with van der Waals surface area (Å²) in [7, 11) is 0. The molecule has 0 spiro atoms. The number of hydrogen-bond donors (Lipinski definition) is 0. The summed E-state index contributed by atoms with van der Waals surface area (Å²) in [6, 6.07) is 16.6. The molecule has 0 radical (unpaired) electrons. The molecule has 2 aromatic carbocycles. The van der Waals surface area contributed by atoms with E-state index in [9.17, 15) is 9.18 Å². The Hall–Kier alpha value is -3.13. The van der Waals surface area contributed by atoms with E-state index in [2.05, 4.69) is 39.1 Å². The smallest absolute Gasteiger partial charge is 0.240 e. The number of halogens is 1. The molecule has 176 valence electrons. The van der Waals surface area contributed by atoms with Gasteiger partial charge in [0.05, 0.1) is 25.1 Å². The Morgan fingerprint density at radius 2 is 1.88 bits per heavy atom. The van der Waals surface area contributed by atoms with Crippen LogP contribution in [0, 0.1) is 0 Å². The highest BCUT2D eigenvalue weighted by atomic mass is 32.2. The molecule has 0 saturated heterocycles. The van der Waals surface area contributed by atoms with Crippen LogP contribution in [0.25, 0.3) is 22.2 Å². The zero-order valence-corrected chi connectivity index (χ0v) is 20.3. The number of aromatic nitrogens is 4. The minimum atomic E-state index is -0.374. The molecule has 1 amide bonds. The van der Waals surface area contributed by atoms with Crippen LogP contribution in [0.3, 0.4) is 0 Å². The maximum atomic E-state index is 13.7. The summed E-state index contributed by atoms with van der Waals surface area (Å²) in [5.74, 6) is 0.144. The van der Waals surface area contributed by atoms with Crippen LogP contribution in [0.2, 0.25) is 0 Å². The van der Waals surface area contributed by atoms with Gasteiger partial charge in [-0.15, -0.1) is 16.9 Å². The van der Waals surface area contributed by atoms with Crippen molar-refractivity contribution in [1.82, 2.24) is 24.5 Å². The second kappa shape index (κ2) is 9.62. The van der Waals surface area contributed by atoms with Crippen molar-refractivity contribution in [2.45, 2.75) is 43.5 Å².